The summed E-state index contributed by atoms with van der Waals surface area (Å²) in [6.07, 6.45) is 5.54. The molecule has 1 aromatic heterocycles. The highest BCUT2D eigenvalue weighted by Gasteiger charge is 2.16. The average Bonchev–Trinajstić information content (AvgIpc) is 2.80. The minimum atomic E-state index is -0.183. The fourth-order valence-electron chi connectivity index (χ4n) is 2.21. The molecule has 0 radical (unpaired) electrons. The molecule has 0 bridgehead atoms. The van der Waals surface area contributed by atoms with Crippen LogP contribution in [-0.2, 0) is 13.5 Å². The molecule has 108 valence electrons. The Balaban J connectivity index is 2.22. The Labute approximate surface area is 127 Å². The van der Waals surface area contributed by atoms with E-state index in [9.17, 15) is 4.39 Å². The lowest BCUT2D eigenvalue weighted by Gasteiger charge is -2.19. The van der Waals surface area contributed by atoms with Crippen molar-refractivity contribution < 1.29 is 4.39 Å². The van der Waals surface area contributed by atoms with Crippen molar-refractivity contribution >= 4 is 15.9 Å². The van der Waals surface area contributed by atoms with Gasteiger partial charge in [0.15, 0.2) is 0 Å². The molecule has 2 aromatic rings. The van der Waals surface area contributed by atoms with Crippen LogP contribution in [0.4, 0.5) is 4.39 Å². The van der Waals surface area contributed by atoms with Crippen LogP contribution >= 0.6 is 15.9 Å². The van der Waals surface area contributed by atoms with Crippen LogP contribution in [-0.4, -0.2) is 16.3 Å². The summed E-state index contributed by atoms with van der Waals surface area (Å²) in [6, 6.07) is 5.19. The minimum Gasteiger partial charge on any atom is -0.310 e. The molecular formula is C15H19BrFN3. The largest absolute Gasteiger partial charge is 0.310 e. The van der Waals surface area contributed by atoms with Crippen molar-refractivity contribution in [2.45, 2.75) is 25.8 Å². The van der Waals surface area contributed by atoms with E-state index in [4.69, 9.17) is 0 Å². The molecule has 1 aromatic carbocycles. The van der Waals surface area contributed by atoms with Crippen molar-refractivity contribution in [3.63, 3.8) is 0 Å². The van der Waals surface area contributed by atoms with Crippen LogP contribution in [0, 0.1) is 5.82 Å². The van der Waals surface area contributed by atoms with E-state index < -0.39 is 0 Å². The molecule has 5 heteroatoms. The topological polar surface area (TPSA) is 29.9 Å². The Kier molecular flexibility index (Phi) is 5.31. The zero-order valence-electron chi connectivity index (χ0n) is 11.7. The van der Waals surface area contributed by atoms with Crippen molar-refractivity contribution in [1.82, 2.24) is 15.1 Å². The second kappa shape index (κ2) is 6.99. The highest BCUT2D eigenvalue weighted by molar-refractivity contribution is 9.10. The first-order chi connectivity index (χ1) is 9.60. The third-order valence-electron chi connectivity index (χ3n) is 3.18. The van der Waals surface area contributed by atoms with Gasteiger partial charge < -0.3 is 5.32 Å². The van der Waals surface area contributed by atoms with Crippen molar-refractivity contribution in [3.8, 4) is 0 Å². The molecule has 0 aliphatic heterocycles. The van der Waals surface area contributed by atoms with Crippen LogP contribution < -0.4 is 5.32 Å². The summed E-state index contributed by atoms with van der Waals surface area (Å²) in [5.74, 6) is -0.183. The van der Waals surface area contributed by atoms with Gasteiger partial charge in [-0.3, -0.25) is 4.68 Å². The lowest BCUT2D eigenvalue weighted by atomic mass is 10.00. The first kappa shape index (κ1) is 15.2. The molecule has 3 nitrogen and oxygen atoms in total. The number of benzene rings is 1. The molecule has 20 heavy (non-hydrogen) atoms. The highest BCUT2D eigenvalue weighted by Crippen LogP contribution is 2.24. The Hall–Kier alpha value is -1.20. The number of hydrogen-bond acceptors (Lipinski definition) is 2. The summed E-state index contributed by atoms with van der Waals surface area (Å²) in [5.41, 5.74) is 1.80. The molecule has 0 saturated heterocycles. The first-order valence-electron chi connectivity index (χ1n) is 6.76. The van der Waals surface area contributed by atoms with Gasteiger partial charge in [-0.15, -0.1) is 0 Å². The monoisotopic (exact) mass is 339 g/mol. The molecule has 0 saturated carbocycles. The zero-order valence-corrected chi connectivity index (χ0v) is 13.3. The quantitative estimate of drug-likeness (QED) is 0.871. The van der Waals surface area contributed by atoms with E-state index in [1.165, 1.54) is 6.07 Å². The van der Waals surface area contributed by atoms with Gasteiger partial charge in [0.05, 0.1) is 6.20 Å². The third kappa shape index (κ3) is 3.90. The molecule has 1 unspecified atom stereocenters. The number of nitrogens with one attached hydrogen (secondary N) is 1. The summed E-state index contributed by atoms with van der Waals surface area (Å²) < 4.78 is 16.7. The predicted octanol–water partition coefficient (Wildman–Crippen LogP) is 3.61. The second-order valence-corrected chi connectivity index (χ2v) is 5.81. The maximum Gasteiger partial charge on any atom is 0.129 e. The molecule has 1 N–H and O–H groups in total. The lowest BCUT2D eigenvalue weighted by Crippen LogP contribution is -2.25. The maximum absolute atomic E-state index is 14.1. The average molecular weight is 340 g/mol. The predicted molar refractivity (Wildman–Crippen MR) is 82.0 cm³/mol. The van der Waals surface area contributed by atoms with Gasteiger partial charge in [-0.1, -0.05) is 28.9 Å². The number of rotatable bonds is 6. The van der Waals surface area contributed by atoms with Crippen LogP contribution in [0.3, 0.4) is 0 Å². The van der Waals surface area contributed by atoms with Crippen LogP contribution in [0.5, 0.6) is 0 Å². The van der Waals surface area contributed by atoms with Crippen molar-refractivity contribution in [2.75, 3.05) is 6.54 Å². The van der Waals surface area contributed by atoms with Gasteiger partial charge in [0, 0.05) is 29.3 Å². The Morgan fingerprint density at radius 2 is 2.25 bits per heavy atom. The molecule has 2 rings (SSSR count). The van der Waals surface area contributed by atoms with Gasteiger partial charge in [-0.05, 0) is 37.1 Å². The van der Waals surface area contributed by atoms with Gasteiger partial charge in [-0.2, -0.15) is 5.10 Å². The van der Waals surface area contributed by atoms with Gasteiger partial charge in [-0.25, -0.2) is 4.39 Å². The SMILES string of the molecule is CCCNC(Cc1cnn(C)c1)c1ccc(Br)cc1F. The van der Waals surface area contributed by atoms with E-state index in [0.29, 0.717) is 5.56 Å². The molecule has 0 aliphatic rings. The number of aromatic nitrogens is 2. The van der Waals surface area contributed by atoms with E-state index in [1.807, 2.05) is 31.6 Å². The number of aryl methyl sites for hydroxylation is 1. The van der Waals surface area contributed by atoms with Gasteiger partial charge in [0.2, 0.25) is 0 Å². The van der Waals surface area contributed by atoms with Crippen LogP contribution in [0.25, 0.3) is 0 Å². The smallest absolute Gasteiger partial charge is 0.129 e. The van der Waals surface area contributed by atoms with E-state index in [-0.39, 0.29) is 11.9 Å². The zero-order chi connectivity index (χ0) is 14.5. The Bertz CT molecular complexity index is 568. The van der Waals surface area contributed by atoms with E-state index in [0.717, 1.165) is 29.4 Å². The maximum atomic E-state index is 14.1. The fraction of sp³-hybridized carbons (Fsp3) is 0.400. The molecule has 0 fully saturated rings. The van der Waals surface area contributed by atoms with Gasteiger partial charge in [0.1, 0.15) is 5.82 Å². The van der Waals surface area contributed by atoms with Gasteiger partial charge >= 0.3 is 0 Å². The minimum absolute atomic E-state index is 0.0350. The number of hydrogen-bond donors (Lipinski definition) is 1. The molecule has 1 atom stereocenters. The number of nitrogens with zero attached hydrogens (tertiary/aromatic N) is 2. The molecule has 0 amide bonds. The first-order valence-corrected chi connectivity index (χ1v) is 7.55. The molecular weight excluding hydrogens is 321 g/mol. The second-order valence-electron chi connectivity index (χ2n) is 4.90. The third-order valence-corrected chi connectivity index (χ3v) is 3.67. The molecule has 0 spiro atoms. The van der Waals surface area contributed by atoms with Crippen LogP contribution in [0.1, 0.15) is 30.5 Å². The van der Waals surface area contributed by atoms with Gasteiger partial charge in [0.25, 0.3) is 0 Å². The summed E-state index contributed by atoms with van der Waals surface area (Å²) in [5, 5.41) is 7.58. The fourth-order valence-corrected chi connectivity index (χ4v) is 2.54. The summed E-state index contributed by atoms with van der Waals surface area (Å²) in [7, 11) is 1.89. The highest BCUT2D eigenvalue weighted by atomic mass is 79.9. The van der Waals surface area contributed by atoms with Crippen LogP contribution in [0.2, 0.25) is 0 Å². The van der Waals surface area contributed by atoms with E-state index in [2.05, 4.69) is 33.3 Å². The van der Waals surface area contributed by atoms with Crippen LogP contribution in [0.15, 0.2) is 35.1 Å². The Morgan fingerprint density at radius 3 is 2.85 bits per heavy atom. The summed E-state index contributed by atoms with van der Waals surface area (Å²) in [6.45, 7) is 2.96. The van der Waals surface area contributed by atoms with Crippen molar-refractivity contribution in [3.05, 3.63) is 52.0 Å². The lowest BCUT2D eigenvalue weighted by molar-refractivity contribution is 0.496. The summed E-state index contributed by atoms with van der Waals surface area (Å²) >= 11 is 3.29. The normalized spacial score (nSPS) is 12.6. The summed E-state index contributed by atoms with van der Waals surface area (Å²) in [4.78, 5) is 0. The van der Waals surface area contributed by atoms with Crippen molar-refractivity contribution in [1.29, 1.82) is 0 Å². The van der Waals surface area contributed by atoms with E-state index in [1.54, 1.807) is 4.68 Å². The Morgan fingerprint density at radius 1 is 1.45 bits per heavy atom. The standard InChI is InChI=1S/C15H19BrFN3/c1-3-6-18-15(7-11-9-19-20(2)10-11)13-5-4-12(16)8-14(13)17/h4-5,8-10,15,18H,3,6-7H2,1-2H3. The molecule has 0 aliphatic carbocycles. The number of halogens is 2. The van der Waals surface area contributed by atoms with E-state index >= 15 is 0 Å². The van der Waals surface area contributed by atoms with Crippen molar-refractivity contribution in [2.24, 2.45) is 7.05 Å². The molecule has 1 heterocycles.